The Morgan fingerprint density at radius 2 is 1.97 bits per heavy atom. The number of allylic oxidation sites excluding steroid dienone is 2. The van der Waals surface area contributed by atoms with Gasteiger partial charge in [0.05, 0.1) is 29.5 Å². The molecule has 4 aliphatic heterocycles. The molecular weight excluding hydrogens is 403 g/mol. The van der Waals surface area contributed by atoms with Crippen LogP contribution < -0.4 is 5.32 Å². The topological polar surface area (TPSA) is 47.0 Å². The monoisotopic (exact) mass is 438 g/mol. The van der Waals surface area contributed by atoms with E-state index in [1.54, 1.807) is 6.07 Å². The molecule has 1 unspecified atom stereocenters. The molecule has 2 fully saturated rings. The SMILES string of the molecule is Cc1cc(F)cnc1[C@@H]1CCC[C@H]([C@@]2(C)N=C3C=CC=C(N4CCN(C)CC4)N3C2C)N1. The van der Waals surface area contributed by atoms with Gasteiger partial charge in [0.1, 0.15) is 17.5 Å². The van der Waals surface area contributed by atoms with Gasteiger partial charge in [-0.1, -0.05) is 6.08 Å². The highest BCUT2D eigenvalue weighted by Crippen LogP contribution is 2.41. The average molecular weight is 439 g/mol. The maximum Gasteiger partial charge on any atom is 0.141 e. The third-order valence-corrected chi connectivity index (χ3v) is 7.91. The van der Waals surface area contributed by atoms with Crippen molar-refractivity contribution in [2.45, 2.75) is 63.7 Å². The highest BCUT2D eigenvalue weighted by Gasteiger charge is 2.50. The number of aliphatic imine (C=N–C) groups is 1. The van der Waals surface area contributed by atoms with Crippen molar-refractivity contribution < 1.29 is 4.39 Å². The van der Waals surface area contributed by atoms with Gasteiger partial charge < -0.3 is 20.0 Å². The van der Waals surface area contributed by atoms with Crippen LogP contribution in [0.4, 0.5) is 4.39 Å². The number of rotatable bonds is 3. The highest BCUT2D eigenvalue weighted by molar-refractivity contribution is 5.97. The van der Waals surface area contributed by atoms with Crippen molar-refractivity contribution >= 4 is 5.84 Å². The van der Waals surface area contributed by atoms with E-state index in [9.17, 15) is 4.39 Å². The first-order valence-electron chi connectivity index (χ1n) is 12.0. The van der Waals surface area contributed by atoms with E-state index in [2.05, 4.69) is 64.1 Å². The molecular formula is C25H35FN6. The van der Waals surface area contributed by atoms with Crippen LogP contribution in [-0.2, 0) is 0 Å². The first kappa shape index (κ1) is 21.6. The van der Waals surface area contributed by atoms with E-state index in [-0.39, 0.29) is 29.5 Å². The van der Waals surface area contributed by atoms with Gasteiger partial charge in [-0.25, -0.2) is 4.39 Å². The second-order valence-electron chi connectivity index (χ2n) is 9.97. The smallest absolute Gasteiger partial charge is 0.141 e. The number of nitrogens with zero attached hydrogens (tertiary/aromatic N) is 5. The highest BCUT2D eigenvalue weighted by atomic mass is 19.1. The Labute approximate surface area is 190 Å². The lowest BCUT2D eigenvalue weighted by Gasteiger charge is -2.45. The van der Waals surface area contributed by atoms with Gasteiger partial charge in [-0.05, 0) is 70.9 Å². The van der Waals surface area contributed by atoms with Gasteiger partial charge in [-0.2, -0.15) is 0 Å². The van der Waals surface area contributed by atoms with E-state index in [1.807, 2.05) is 6.92 Å². The molecule has 7 heteroatoms. The Balaban J connectivity index is 1.38. The maximum atomic E-state index is 13.6. The number of amidine groups is 1. The van der Waals surface area contributed by atoms with Crippen molar-refractivity contribution in [2.75, 3.05) is 33.2 Å². The van der Waals surface area contributed by atoms with Crippen molar-refractivity contribution in [1.82, 2.24) is 25.0 Å². The summed E-state index contributed by atoms with van der Waals surface area (Å²) in [5.74, 6) is 2.07. The van der Waals surface area contributed by atoms with Crippen LogP contribution in [-0.4, -0.2) is 76.4 Å². The summed E-state index contributed by atoms with van der Waals surface area (Å²) in [6.45, 7) is 10.8. The molecule has 0 aliphatic carbocycles. The van der Waals surface area contributed by atoms with E-state index in [0.717, 1.165) is 62.5 Å². The number of pyridine rings is 1. The second-order valence-corrected chi connectivity index (χ2v) is 9.97. The Bertz CT molecular complexity index is 963. The predicted molar refractivity (Wildman–Crippen MR) is 126 cm³/mol. The lowest BCUT2D eigenvalue weighted by atomic mass is 9.79. The zero-order chi connectivity index (χ0) is 22.5. The van der Waals surface area contributed by atoms with Crippen LogP contribution in [0.5, 0.6) is 0 Å². The number of likely N-dealkylation sites (N-methyl/N-ethyl adjacent to an activating group) is 1. The molecule has 6 nitrogen and oxygen atoms in total. The Kier molecular flexibility index (Phi) is 5.58. The zero-order valence-corrected chi connectivity index (χ0v) is 19.7. The van der Waals surface area contributed by atoms with Gasteiger partial charge in [0, 0.05) is 32.2 Å². The summed E-state index contributed by atoms with van der Waals surface area (Å²) in [4.78, 5) is 17.1. The Morgan fingerprint density at radius 3 is 2.72 bits per heavy atom. The summed E-state index contributed by atoms with van der Waals surface area (Å²) in [6, 6.07) is 2.21. The number of nitrogens with one attached hydrogen (secondary N) is 1. The molecule has 32 heavy (non-hydrogen) atoms. The molecule has 0 saturated carbocycles. The third kappa shape index (κ3) is 3.65. The molecule has 0 radical (unpaired) electrons. The lowest BCUT2D eigenvalue weighted by molar-refractivity contribution is 0.128. The third-order valence-electron chi connectivity index (χ3n) is 7.91. The normalized spacial score (nSPS) is 33.2. The number of halogens is 1. The van der Waals surface area contributed by atoms with Gasteiger partial charge in [-0.3, -0.25) is 9.98 Å². The molecule has 2 saturated heterocycles. The summed E-state index contributed by atoms with van der Waals surface area (Å²) in [5.41, 5.74) is 1.64. The molecule has 4 aliphatic rings. The van der Waals surface area contributed by atoms with Gasteiger partial charge in [0.15, 0.2) is 0 Å². The molecule has 0 amide bonds. The number of aromatic nitrogens is 1. The van der Waals surface area contributed by atoms with Gasteiger partial charge in [0.25, 0.3) is 0 Å². The molecule has 5 heterocycles. The summed E-state index contributed by atoms with van der Waals surface area (Å²) in [5, 5.41) is 3.87. The fourth-order valence-corrected chi connectivity index (χ4v) is 5.78. The van der Waals surface area contributed by atoms with Crippen molar-refractivity contribution in [1.29, 1.82) is 0 Å². The Hall–Kier alpha value is -2.25. The van der Waals surface area contributed by atoms with E-state index in [4.69, 9.17) is 4.99 Å². The lowest BCUT2D eigenvalue weighted by Crippen LogP contribution is -2.58. The number of hydrogen-bond acceptors (Lipinski definition) is 6. The number of fused-ring (bicyclic) bond motifs is 1. The molecule has 1 aromatic heterocycles. The van der Waals surface area contributed by atoms with Crippen molar-refractivity contribution in [3.8, 4) is 0 Å². The minimum atomic E-state index is -0.270. The van der Waals surface area contributed by atoms with Crippen LogP contribution >= 0.6 is 0 Å². The summed E-state index contributed by atoms with van der Waals surface area (Å²) < 4.78 is 13.6. The van der Waals surface area contributed by atoms with Crippen molar-refractivity contribution in [3.05, 3.63) is 53.4 Å². The first-order chi connectivity index (χ1) is 15.4. The average Bonchev–Trinajstić information content (AvgIpc) is 3.06. The van der Waals surface area contributed by atoms with E-state index in [1.165, 1.54) is 12.0 Å². The first-order valence-corrected chi connectivity index (χ1v) is 12.0. The molecule has 0 spiro atoms. The minimum Gasteiger partial charge on any atom is -0.355 e. The van der Waals surface area contributed by atoms with Crippen LogP contribution in [0, 0.1) is 12.7 Å². The molecule has 1 N–H and O–H groups in total. The van der Waals surface area contributed by atoms with Gasteiger partial charge in [0.2, 0.25) is 0 Å². The van der Waals surface area contributed by atoms with Crippen molar-refractivity contribution in [2.24, 2.45) is 4.99 Å². The molecule has 172 valence electrons. The zero-order valence-electron chi connectivity index (χ0n) is 19.7. The fraction of sp³-hybridized carbons (Fsp3) is 0.600. The summed E-state index contributed by atoms with van der Waals surface area (Å²) >= 11 is 0. The van der Waals surface area contributed by atoms with Gasteiger partial charge >= 0.3 is 0 Å². The maximum absolute atomic E-state index is 13.6. The van der Waals surface area contributed by atoms with Crippen LogP contribution in [0.2, 0.25) is 0 Å². The van der Waals surface area contributed by atoms with Crippen LogP contribution in [0.15, 0.2) is 41.3 Å². The molecule has 0 bridgehead atoms. The largest absolute Gasteiger partial charge is 0.355 e. The summed E-state index contributed by atoms with van der Waals surface area (Å²) in [7, 11) is 2.19. The summed E-state index contributed by atoms with van der Waals surface area (Å²) in [6.07, 6.45) is 11.1. The van der Waals surface area contributed by atoms with E-state index >= 15 is 0 Å². The number of piperidine rings is 1. The predicted octanol–water partition coefficient (Wildman–Crippen LogP) is 3.23. The van der Waals surface area contributed by atoms with E-state index in [0.29, 0.717) is 0 Å². The Morgan fingerprint density at radius 1 is 1.19 bits per heavy atom. The van der Waals surface area contributed by atoms with E-state index < -0.39 is 0 Å². The van der Waals surface area contributed by atoms with Gasteiger partial charge in [-0.15, -0.1) is 0 Å². The molecule has 4 atom stereocenters. The molecule has 0 aromatic carbocycles. The van der Waals surface area contributed by atoms with Crippen LogP contribution in [0.25, 0.3) is 0 Å². The quantitative estimate of drug-likeness (QED) is 0.785. The minimum absolute atomic E-state index is 0.138. The second kappa shape index (κ2) is 8.27. The molecule has 5 rings (SSSR count). The number of piperazine rings is 1. The van der Waals surface area contributed by atoms with Crippen LogP contribution in [0.1, 0.15) is 50.4 Å². The number of hydrogen-bond donors (Lipinski definition) is 1. The number of aryl methyl sites for hydroxylation is 1. The fourth-order valence-electron chi connectivity index (χ4n) is 5.78. The van der Waals surface area contributed by atoms with Crippen molar-refractivity contribution in [3.63, 3.8) is 0 Å². The molecule has 1 aromatic rings. The standard InChI is InChI=1S/C25H35FN6/c1-17-15-19(26)16-27-24(17)20-7-5-8-21(28-20)25(3)18(2)32-22(29-25)9-6-10-23(32)31-13-11-30(4)12-14-31/h6,9-10,15-16,18,20-21,28H,5,7-8,11-14H2,1-4H3/t18?,20-,21+,25-/m0/s1. The van der Waals surface area contributed by atoms with Crippen LogP contribution in [0.3, 0.4) is 0 Å².